The van der Waals surface area contributed by atoms with Crippen molar-refractivity contribution in [3.8, 4) is 17.2 Å². The summed E-state index contributed by atoms with van der Waals surface area (Å²) in [4.78, 5) is 0. The number of anilines is 2. The predicted molar refractivity (Wildman–Crippen MR) is 174 cm³/mol. The minimum absolute atomic E-state index is 0.150. The molecule has 41 heavy (non-hydrogen) atoms. The van der Waals surface area contributed by atoms with Crippen LogP contribution in [0.25, 0.3) is 0 Å². The molecule has 0 aliphatic heterocycles. The van der Waals surface area contributed by atoms with E-state index >= 15 is 0 Å². The topological polar surface area (TPSA) is 79.7 Å². The van der Waals surface area contributed by atoms with Crippen molar-refractivity contribution in [3.63, 3.8) is 0 Å². The molecule has 5 heteroatoms. The van der Waals surface area contributed by atoms with Gasteiger partial charge in [-0.2, -0.15) is 0 Å². The van der Waals surface area contributed by atoms with E-state index in [1.807, 2.05) is 52.0 Å². The van der Waals surface area contributed by atoms with E-state index in [1.165, 1.54) is 16.7 Å². The number of nitrogen functional groups attached to an aromatic ring is 2. The lowest BCUT2D eigenvalue weighted by atomic mass is 10.0. The number of aryl methyl sites for hydroxylation is 2. The highest BCUT2D eigenvalue weighted by Gasteiger charge is 2.43. The second kappa shape index (κ2) is 16.2. The second-order valence-electron chi connectivity index (χ2n) is 10.3. The van der Waals surface area contributed by atoms with Gasteiger partial charge in [-0.3, -0.25) is 0 Å². The average molecular weight is 557 g/mol. The van der Waals surface area contributed by atoms with Gasteiger partial charge in [0.2, 0.25) is 0 Å². The molecule has 0 aliphatic rings. The molecule has 220 valence electrons. The first-order valence-corrected chi connectivity index (χ1v) is 14.5. The molecule has 4 aromatic carbocycles. The van der Waals surface area contributed by atoms with E-state index in [2.05, 4.69) is 52.0 Å². The first-order valence-electron chi connectivity index (χ1n) is 14.5. The van der Waals surface area contributed by atoms with Crippen LogP contribution in [0.5, 0.6) is 17.2 Å². The average Bonchev–Trinajstić information content (AvgIpc) is 2.97. The third-order valence-electron chi connectivity index (χ3n) is 6.32. The third-order valence-corrected chi connectivity index (χ3v) is 6.32. The minimum Gasteiger partial charge on any atom is -0.420 e. The summed E-state index contributed by atoms with van der Waals surface area (Å²) in [6.07, 6.45) is 0.958. The number of benzene rings is 4. The smallest absolute Gasteiger partial charge is 0.419 e. The van der Waals surface area contributed by atoms with Crippen molar-refractivity contribution in [2.75, 3.05) is 11.5 Å². The first kappa shape index (κ1) is 33.1. The molecule has 4 rings (SSSR count). The van der Waals surface area contributed by atoms with E-state index < -0.39 is 5.97 Å². The van der Waals surface area contributed by atoms with Gasteiger partial charge in [0.1, 0.15) is 17.2 Å². The van der Waals surface area contributed by atoms with Crippen LogP contribution < -0.4 is 25.7 Å². The lowest BCUT2D eigenvalue weighted by Gasteiger charge is -2.37. The van der Waals surface area contributed by atoms with Crippen LogP contribution in [0.4, 0.5) is 11.4 Å². The summed E-state index contributed by atoms with van der Waals surface area (Å²) in [5.41, 5.74) is 16.9. The van der Waals surface area contributed by atoms with E-state index in [-0.39, 0.29) is 5.92 Å². The van der Waals surface area contributed by atoms with Crippen molar-refractivity contribution in [1.82, 2.24) is 0 Å². The summed E-state index contributed by atoms with van der Waals surface area (Å²) in [6, 6.07) is 30.9. The van der Waals surface area contributed by atoms with Crippen LogP contribution in [-0.2, 0) is 6.42 Å². The van der Waals surface area contributed by atoms with E-state index in [0.29, 0.717) is 34.5 Å². The van der Waals surface area contributed by atoms with Gasteiger partial charge in [0.05, 0.1) is 5.92 Å². The lowest BCUT2D eigenvalue weighted by Crippen LogP contribution is -2.52. The molecule has 0 aromatic heterocycles. The fourth-order valence-electron chi connectivity index (χ4n) is 3.73. The lowest BCUT2D eigenvalue weighted by molar-refractivity contribution is -0.279. The maximum atomic E-state index is 6.32. The van der Waals surface area contributed by atoms with Crippen molar-refractivity contribution in [1.29, 1.82) is 0 Å². The highest BCUT2D eigenvalue weighted by atomic mass is 16.9. The van der Waals surface area contributed by atoms with Crippen LogP contribution in [0.3, 0.4) is 0 Å². The molecule has 0 atom stereocenters. The zero-order chi connectivity index (χ0) is 30.4. The highest BCUT2D eigenvalue weighted by Crippen LogP contribution is 2.33. The van der Waals surface area contributed by atoms with Gasteiger partial charge in [0, 0.05) is 11.4 Å². The Bertz CT molecular complexity index is 1220. The first-order chi connectivity index (χ1) is 19.6. The third kappa shape index (κ3) is 10.4. The molecule has 0 radical (unpaired) electrons. The molecular weight excluding hydrogens is 508 g/mol. The van der Waals surface area contributed by atoms with Crippen LogP contribution in [0.15, 0.2) is 97.1 Å². The maximum absolute atomic E-state index is 6.32. The quantitative estimate of drug-likeness (QED) is 0.159. The SMILES string of the molecule is CC.CCc1ccc(OC(Oc2ccc(N)cc2)(Oc2ccc(N)cc2)C(C)C)cc1.Cc1ccc(C(C)C)cc1. The van der Waals surface area contributed by atoms with Gasteiger partial charge < -0.3 is 25.7 Å². The molecular formula is C36H48N2O3. The number of hydrogen-bond donors (Lipinski definition) is 2. The number of hydrogen-bond acceptors (Lipinski definition) is 5. The molecule has 0 aliphatic carbocycles. The Morgan fingerprint density at radius 2 is 0.951 bits per heavy atom. The summed E-state index contributed by atoms with van der Waals surface area (Å²) in [5.74, 6) is 0.952. The van der Waals surface area contributed by atoms with Crippen LogP contribution in [0, 0.1) is 12.8 Å². The molecule has 4 aromatic rings. The van der Waals surface area contributed by atoms with E-state index in [0.717, 1.165) is 6.42 Å². The molecule has 0 heterocycles. The summed E-state index contributed by atoms with van der Waals surface area (Å²) < 4.78 is 18.9. The van der Waals surface area contributed by atoms with E-state index in [1.54, 1.807) is 48.5 Å². The highest BCUT2D eigenvalue weighted by molar-refractivity contribution is 5.43. The van der Waals surface area contributed by atoms with Gasteiger partial charge in [-0.15, -0.1) is 0 Å². The Kier molecular flexibility index (Phi) is 13.1. The van der Waals surface area contributed by atoms with Gasteiger partial charge in [-0.1, -0.05) is 90.4 Å². The van der Waals surface area contributed by atoms with Gasteiger partial charge in [0.15, 0.2) is 0 Å². The van der Waals surface area contributed by atoms with Crippen molar-refractivity contribution >= 4 is 11.4 Å². The van der Waals surface area contributed by atoms with Gasteiger partial charge in [-0.25, -0.2) is 0 Å². The Morgan fingerprint density at radius 3 is 1.27 bits per heavy atom. The predicted octanol–water partition coefficient (Wildman–Crippen LogP) is 9.40. The Labute approximate surface area is 247 Å². The second-order valence-corrected chi connectivity index (χ2v) is 10.3. The zero-order valence-corrected chi connectivity index (χ0v) is 26.0. The van der Waals surface area contributed by atoms with Crippen molar-refractivity contribution in [2.24, 2.45) is 5.92 Å². The fraction of sp³-hybridized carbons (Fsp3) is 0.333. The van der Waals surface area contributed by atoms with E-state index in [9.17, 15) is 0 Å². The van der Waals surface area contributed by atoms with Crippen LogP contribution in [0.1, 0.15) is 71.1 Å². The molecule has 0 bridgehead atoms. The van der Waals surface area contributed by atoms with Gasteiger partial charge in [-0.05, 0) is 91.1 Å². The number of ether oxygens (including phenoxy) is 3. The van der Waals surface area contributed by atoms with E-state index in [4.69, 9.17) is 25.7 Å². The van der Waals surface area contributed by atoms with Crippen molar-refractivity contribution in [2.45, 2.75) is 73.7 Å². The van der Waals surface area contributed by atoms with Gasteiger partial charge >= 0.3 is 5.97 Å². The monoisotopic (exact) mass is 556 g/mol. The largest absolute Gasteiger partial charge is 0.420 e. The maximum Gasteiger partial charge on any atom is 0.419 e. The molecule has 0 saturated carbocycles. The summed E-state index contributed by atoms with van der Waals surface area (Å²) >= 11 is 0. The summed E-state index contributed by atoms with van der Waals surface area (Å²) in [7, 11) is 0. The Balaban J connectivity index is 0.000000410. The molecule has 0 fully saturated rings. The Morgan fingerprint density at radius 1 is 0.585 bits per heavy atom. The Hall–Kier alpha value is -4.12. The standard InChI is InChI=1S/C24H28N2O3.C10H14.C2H6/c1-4-18-5-11-21(12-6-18)27-24(17(2)3,28-22-13-7-19(25)8-14-22)29-23-15-9-20(26)10-16-23;1-8(2)10-6-4-9(3)5-7-10;1-2/h5-17H,4,25-26H2,1-3H3;4-8H,1-3H3;1-2H3. The van der Waals surface area contributed by atoms with Crippen molar-refractivity contribution in [3.05, 3.63) is 114 Å². The van der Waals surface area contributed by atoms with Crippen LogP contribution in [-0.4, -0.2) is 5.97 Å². The molecule has 0 saturated heterocycles. The van der Waals surface area contributed by atoms with Crippen LogP contribution >= 0.6 is 0 Å². The summed E-state index contributed by atoms with van der Waals surface area (Å²) in [5, 5.41) is 0. The summed E-state index contributed by atoms with van der Waals surface area (Å²) in [6.45, 7) is 16.6. The molecule has 0 unspecified atom stereocenters. The zero-order valence-electron chi connectivity index (χ0n) is 26.0. The van der Waals surface area contributed by atoms with Crippen molar-refractivity contribution < 1.29 is 14.2 Å². The van der Waals surface area contributed by atoms with Gasteiger partial charge in [0.25, 0.3) is 0 Å². The van der Waals surface area contributed by atoms with Crippen LogP contribution in [0.2, 0.25) is 0 Å². The fourth-order valence-corrected chi connectivity index (χ4v) is 3.73. The molecule has 5 nitrogen and oxygen atoms in total. The number of rotatable bonds is 9. The molecule has 0 amide bonds. The minimum atomic E-state index is -1.39. The molecule has 4 N–H and O–H groups in total. The normalized spacial score (nSPS) is 10.7. The number of nitrogens with two attached hydrogens (primary N) is 2. The molecule has 0 spiro atoms.